The Kier molecular flexibility index (Phi) is 7.17. The number of allylic oxidation sites excluding steroid dienone is 1. The minimum Gasteiger partial charge on any atom is -0.493 e. The Labute approximate surface area is 180 Å². The van der Waals surface area contributed by atoms with Gasteiger partial charge in [-0.1, -0.05) is 24.6 Å². The lowest BCUT2D eigenvalue weighted by Gasteiger charge is -2.13. The molecule has 0 radical (unpaired) electrons. The van der Waals surface area contributed by atoms with Crippen molar-refractivity contribution in [2.75, 3.05) is 13.7 Å². The summed E-state index contributed by atoms with van der Waals surface area (Å²) >= 11 is 0. The zero-order valence-corrected chi connectivity index (χ0v) is 17.2. The van der Waals surface area contributed by atoms with Gasteiger partial charge in [-0.2, -0.15) is 5.26 Å². The summed E-state index contributed by atoms with van der Waals surface area (Å²) in [5, 5.41) is 8.60. The molecular weight excluding hydrogens is 396 g/mol. The zero-order valence-electron chi connectivity index (χ0n) is 17.2. The molecule has 31 heavy (non-hydrogen) atoms. The third-order valence-corrected chi connectivity index (χ3v) is 4.90. The Hall–Kier alpha value is -3.92. The maximum atomic E-state index is 12.3. The van der Waals surface area contributed by atoms with Crippen LogP contribution in [0, 0.1) is 11.3 Å². The van der Waals surface area contributed by atoms with Gasteiger partial charge in [-0.25, -0.2) is 0 Å². The van der Waals surface area contributed by atoms with E-state index in [9.17, 15) is 14.4 Å². The molecule has 1 aliphatic rings. The van der Waals surface area contributed by atoms with Crippen LogP contribution < -0.4 is 9.47 Å². The van der Waals surface area contributed by atoms with Crippen LogP contribution in [-0.4, -0.2) is 36.3 Å². The van der Waals surface area contributed by atoms with Gasteiger partial charge in [0.05, 0.1) is 24.3 Å². The highest BCUT2D eigenvalue weighted by Gasteiger charge is 2.34. The monoisotopic (exact) mass is 418 g/mol. The fraction of sp³-hybridized carbons (Fsp3) is 0.250. The molecule has 0 bridgehead atoms. The van der Waals surface area contributed by atoms with Crippen molar-refractivity contribution < 1.29 is 23.9 Å². The molecule has 0 N–H and O–H groups in total. The Balaban J connectivity index is 1.43. The molecule has 1 aliphatic heterocycles. The van der Waals surface area contributed by atoms with E-state index in [2.05, 4.69) is 0 Å². The number of methoxy groups -OCH3 is 1. The van der Waals surface area contributed by atoms with Gasteiger partial charge in [0.25, 0.3) is 11.8 Å². The molecule has 3 rings (SSSR count). The van der Waals surface area contributed by atoms with Gasteiger partial charge in [-0.3, -0.25) is 19.3 Å². The molecule has 2 aromatic carbocycles. The van der Waals surface area contributed by atoms with Crippen molar-refractivity contribution in [1.82, 2.24) is 4.90 Å². The fourth-order valence-corrected chi connectivity index (χ4v) is 3.34. The number of amides is 2. The summed E-state index contributed by atoms with van der Waals surface area (Å²) in [5.74, 6) is -0.202. The lowest BCUT2D eigenvalue weighted by atomic mass is 10.1. The minimum atomic E-state index is -0.389. The Morgan fingerprint density at radius 3 is 2.39 bits per heavy atom. The third kappa shape index (κ3) is 5.17. The lowest BCUT2D eigenvalue weighted by molar-refractivity contribution is -0.134. The lowest BCUT2D eigenvalue weighted by Crippen LogP contribution is -2.30. The molecule has 1 heterocycles. The van der Waals surface area contributed by atoms with Gasteiger partial charge in [-0.05, 0) is 48.7 Å². The summed E-state index contributed by atoms with van der Waals surface area (Å²) in [6, 6.07) is 13.7. The average molecular weight is 418 g/mol. The van der Waals surface area contributed by atoms with Crippen molar-refractivity contribution in [3.63, 3.8) is 0 Å². The highest BCUT2D eigenvalue weighted by atomic mass is 16.6. The number of nitriles is 1. The predicted octanol–water partition coefficient (Wildman–Crippen LogP) is 3.99. The maximum Gasteiger partial charge on any atom is 0.311 e. The van der Waals surface area contributed by atoms with E-state index in [0.717, 1.165) is 5.56 Å². The SMILES string of the molecule is COc1cc(/C=C\C#N)ccc1OC(=O)CCCCCN1C(=O)c2ccccc2C1=O. The fourth-order valence-electron chi connectivity index (χ4n) is 3.34. The van der Waals surface area contributed by atoms with Crippen LogP contribution >= 0.6 is 0 Å². The molecule has 0 saturated heterocycles. The van der Waals surface area contributed by atoms with Crippen molar-refractivity contribution in [2.24, 2.45) is 0 Å². The average Bonchev–Trinajstić information content (AvgIpc) is 3.03. The van der Waals surface area contributed by atoms with E-state index in [0.29, 0.717) is 48.4 Å². The molecule has 0 fully saturated rings. The van der Waals surface area contributed by atoms with Crippen molar-refractivity contribution in [3.05, 3.63) is 65.2 Å². The number of carbonyl (C=O) groups excluding carboxylic acids is 3. The van der Waals surface area contributed by atoms with E-state index in [4.69, 9.17) is 14.7 Å². The zero-order chi connectivity index (χ0) is 22.2. The Morgan fingerprint density at radius 2 is 1.74 bits per heavy atom. The molecule has 0 atom stereocenters. The third-order valence-electron chi connectivity index (χ3n) is 4.90. The van der Waals surface area contributed by atoms with Gasteiger partial charge in [0.15, 0.2) is 11.5 Å². The van der Waals surface area contributed by atoms with E-state index < -0.39 is 0 Å². The highest BCUT2D eigenvalue weighted by molar-refractivity contribution is 6.21. The first-order chi connectivity index (χ1) is 15.0. The highest BCUT2D eigenvalue weighted by Crippen LogP contribution is 2.29. The number of ether oxygens (including phenoxy) is 2. The van der Waals surface area contributed by atoms with Gasteiger partial charge in [0.1, 0.15) is 0 Å². The summed E-state index contributed by atoms with van der Waals surface area (Å²) in [4.78, 5) is 38.1. The number of unbranched alkanes of at least 4 members (excludes halogenated alkanes) is 2. The van der Waals surface area contributed by atoms with Crippen molar-refractivity contribution in [2.45, 2.75) is 25.7 Å². The number of rotatable bonds is 9. The summed E-state index contributed by atoms with van der Waals surface area (Å²) in [7, 11) is 1.48. The maximum absolute atomic E-state index is 12.3. The van der Waals surface area contributed by atoms with Crippen molar-refractivity contribution >= 4 is 23.9 Å². The van der Waals surface area contributed by atoms with Crippen LogP contribution in [0.4, 0.5) is 0 Å². The van der Waals surface area contributed by atoms with Crippen LogP contribution in [0.1, 0.15) is 52.0 Å². The molecule has 0 aliphatic carbocycles. The smallest absolute Gasteiger partial charge is 0.311 e. The first-order valence-electron chi connectivity index (χ1n) is 9.95. The van der Waals surface area contributed by atoms with E-state index in [-0.39, 0.29) is 24.2 Å². The first kappa shape index (κ1) is 21.8. The summed E-state index contributed by atoms with van der Waals surface area (Å²) in [5.41, 5.74) is 1.64. The summed E-state index contributed by atoms with van der Waals surface area (Å²) in [6.07, 6.45) is 5.05. The molecule has 0 saturated carbocycles. The Morgan fingerprint density at radius 1 is 1.03 bits per heavy atom. The van der Waals surface area contributed by atoms with E-state index in [1.807, 2.05) is 6.07 Å². The number of esters is 1. The number of hydrogen-bond acceptors (Lipinski definition) is 6. The molecule has 2 amide bonds. The van der Waals surface area contributed by atoms with Gasteiger partial charge in [0, 0.05) is 19.0 Å². The van der Waals surface area contributed by atoms with Crippen LogP contribution in [0.25, 0.3) is 6.08 Å². The van der Waals surface area contributed by atoms with Crippen LogP contribution in [-0.2, 0) is 4.79 Å². The number of benzene rings is 2. The first-order valence-corrected chi connectivity index (χ1v) is 9.95. The number of nitrogens with zero attached hydrogens (tertiary/aromatic N) is 2. The van der Waals surface area contributed by atoms with Crippen LogP contribution in [0.2, 0.25) is 0 Å². The molecule has 7 nitrogen and oxygen atoms in total. The van der Waals surface area contributed by atoms with Crippen LogP contribution in [0.3, 0.4) is 0 Å². The molecular formula is C24H22N2O5. The second kappa shape index (κ2) is 10.2. The van der Waals surface area contributed by atoms with Crippen molar-refractivity contribution in [3.8, 4) is 17.6 Å². The second-order valence-electron chi connectivity index (χ2n) is 6.96. The van der Waals surface area contributed by atoms with Gasteiger partial charge in [-0.15, -0.1) is 0 Å². The molecule has 158 valence electrons. The van der Waals surface area contributed by atoms with Crippen LogP contribution in [0.5, 0.6) is 11.5 Å². The summed E-state index contributed by atoms with van der Waals surface area (Å²) < 4.78 is 10.6. The normalized spacial score (nSPS) is 12.7. The largest absolute Gasteiger partial charge is 0.493 e. The predicted molar refractivity (Wildman–Crippen MR) is 114 cm³/mol. The molecule has 0 aromatic heterocycles. The molecule has 0 spiro atoms. The van der Waals surface area contributed by atoms with E-state index >= 15 is 0 Å². The molecule has 7 heteroatoms. The topological polar surface area (TPSA) is 96.7 Å². The van der Waals surface area contributed by atoms with Gasteiger partial charge in [0.2, 0.25) is 0 Å². The standard InChI is InChI=1S/C24H22N2O5/c1-30-21-16-17(8-7-14-25)12-13-20(21)31-22(27)11-3-2-6-15-26-23(28)18-9-4-5-10-19(18)24(26)29/h4-5,7-10,12-13,16H,2-3,6,11,15H2,1H3/b8-7-. The quantitative estimate of drug-likeness (QED) is 0.201. The van der Waals surface area contributed by atoms with Crippen molar-refractivity contribution in [1.29, 1.82) is 5.26 Å². The van der Waals surface area contributed by atoms with Gasteiger partial charge < -0.3 is 9.47 Å². The number of carbonyl (C=O) groups is 3. The molecule has 0 unspecified atom stereocenters. The number of fused-ring (bicyclic) bond motifs is 1. The minimum absolute atomic E-state index is 0.210. The van der Waals surface area contributed by atoms with Crippen LogP contribution in [0.15, 0.2) is 48.5 Å². The van der Waals surface area contributed by atoms with E-state index in [1.165, 1.54) is 18.1 Å². The summed E-state index contributed by atoms with van der Waals surface area (Å²) in [6.45, 7) is 0.326. The Bertz CT molecular complexity index is 1030. The number of hydrogen-bond donors (Lipinski definition) is 0. The second-order valence-corrected chi connectivity index (χ2v) is 6.96. The van der Waals surface area contributed by atoms with Gasteiger partial charge >= 0.3 is 5.97 Å². The number of imide groups is 1. The molecule has 2 aromatic rings. The van der Waals surface area contributed by atoms with E-state index in [1.54, 1.807) is 48.5 Å².